The summed E-state index contributed by atoms with van der Waals surface area (Å²) < 4.78 is 0. The van der Waals surface area contributed by atoms with E-state index in [1.165, 1.54) is 12.8 Å². The van der Waals surface area contributed by atoms with E-state index in [9.17, 15) is 9.59 Å². The Bertz CT molecular complexity index is 724. The number of aromatic nitrogens is 1. The van der Waals surface area contributed by atoms with Gasteiger partial charge in [-0.2, -0.15) is 0 Å². The molecule has 2 N–H and O–H groups in total. The molecule has 24 heavy (non-hydrogen) atoms. The molecule has 1 aromatic carbocycles. The lowest BCUT2D eigenvalue weighted by molar-refractivity contribution is -0.130. The van der Waals surface area contributed by atoms with Crippen LogP contribution >= 0.6 is 0 Å². The fourth-order valence-corrected chi connectivity index (χ4v) is 2.92. The summed E-state index contributed by atoms with van der Waals surface area (Å²) in [5.41, 5.74) is 0.688. The molecule has 1 fully saturated rings. The van der Waals surface area contributed by atoms with Crippen LogP contribution in [0.1, 0.15) is 25.7 Å². The number of anilines is 1. The molecule has 0 spiro atoms. The maximum Gasteiger partial charge on any atom is 0.319 e. The van der Waals surface area contributed by atoms with Crippen LogP contribution in [-0.2, 0) is 4.79 Å². The Balaban J connectivity index is 1.51. The molecular weight excluding hydrogens is 304 g/mol. The molecule has 1 aliphatic heterocycles. The zero-order valence-corrected chi connectivity index (χ0v) is 13.6. The first-order valence-electron chi connectivity index (χ1n) is 8.39. The number of amides is 3. The Morgan fingerprint density at radius 2 is 1.83 bits per heavy atom. The molecule has 3 amide bonds. The van der Waals surface area contributed by atoms with Gasteiger partial charge in [0, 0.05) is 36.6 Å². The SMILES string of the molecule is O=C(NCC(=O)N1CCCCCC1)Nc1ccc2cnccc2c1. The van der Waals surface area contributed by atoms with Crippen molar-refractivity contribution in [1.29, 1.82) is 0 Å². The van der Waals surface area contributed by atoms with Crippen molar-refractivity contribution in [2.24, 2.45) is 0 Å². The van der Waals surface area contributed by atoms with Crippen LogP contribution < -0.4 is 10.6 Å². The molecule has 0 radical (unpaired) electrons. The van der Waals surface area contributed by atoms with Crippen LogP contribution in [0.15, 0.2) is 36.7 Å². The topological polar surface area (TPSA) is 74.3 Å². The van der Waals surface area contributed by atoms with Crippen molar-refractivity contribution in [2.45, 2.75) is 25.7 Å². The number of urea groups is 1. The lowest BCUT2D eigenvalue weighted by atomic mass is 10.1. The molecule has 3 rings (SSSR count). The van der Waals surface area contributed by atoms with Gasteiger partial charge in [0.1, 0.15) is 0 Å². The van der Waals surface area contributed by atoms with Gasteiger partial charge in [-0.05, 0) is 36.4 Å². The van der Waals surface area contributed by atoms with Crippen molar-refractivity contribution in [2.75, 3.05) is 25.0 Å². The van der Waals surface area contributed by atoms with Crippen molar-refractivity contribution in [3.8, 4) is 0 Å². The number of fused-ring (bicyclic) bond motifs is 1. The van der Waals surface area contributed by atoms with Gasteiger partial charge in [0.15, 0.2) is 0 Å². The summed E-state index contributed by atoms with van der Waals surface area (Å²) in [4.78, 5) is 30.1. The zero-order chi connectivity index (χ0) is 16.8. The highest BCUT2D eigenvalue weighted by Gasteiger charge is 2.16. The second kappa shape index (κ2) is 7.77. The number of nitrogens with zero attached hydrogens (tertiary/aromatic N) is 2. The molecule has 0 bridgehead atoms. The minimum Gasteiger partial charge on any atom is -0.341 e. The van der Waals surface area contributed by atoms with Gasteiger partial charge in [0.25, 0.3) is 0 Å². The second-order valence-electron chi connectivity index (χ2n) is 6.04. The Morgan fingerprint density at radius 1 is 1.04 bits per heavy atom. The molecular formula is C18H22N4O2. The number of benzene rings is 1. The van der Waals surface area contributed by atoms with Gasteiger partial charge in [0.2, 0.25) is 5.91 Å². The predicted octanol–water partition coefficient (Wildman–Crippen LogP) is 2.76. The first-order valence-corrected chi connectivity index (χ1v) is 8.39. The molecule has 126 valence electrons. The van der Waals surface area contributed by atoms with E-state index in [0.29, 0.717) is 5.69 Å². The van der Waals surface area contributed by atoms with Crippen LogP contribution in [-0.4, -0.2) is 41.5 Å². The van der Waals surface area contributed by atoms with Crippen LogP contribution in [0.2, 0.25) is 0 Å². The standard InChI is InChI=1S/C18H22N4O2/c23-17(22-9-3-1-2-4-10-22)13-20-18(24)21-16-6-5-15-12-19-8-7-14(15)11-16/h5-8,11-12H,1-4,9-10,13H2,(H2,20,21,24). The van der Waals surface area contributed by atoms with Crippen molar-refractivity contribution in [3.63, 3.8) is 0 Å². The lowest BCUT2D eigenvalue weighted by Gasteiger charge is -2.20. The third-order valence-electron chi connectivity index (χ3n) is 4.26. The highest BCUT2D eigenvalue weighted by atomic mass is 16.2. The van der Waals surface area contributed by atoms with Gasteiger partial charge in [-0.1, -0.05) is 18.9 Å². The maximum atomic E-state index is 12.2. The van der Waals surface area contributed by atoms with Gasteiger partial charge in [0.05, 0.1) is 6.54 Å². The maximum absolute atomic E-state index is 12.2. The minimum atomic E-state index is -0.369. The molecule has 1 aromatic heterocycles. The van der Waals surface area contributed by atoms with Gasteiger partial charge in [-0.25, -0.2) is 4.79 Å². The van der Waals surface area contributed by atoms with Crippen molar-refractivity contribution < 1.29 is 9.59 Å². The normalized spacial score (nSPS) is 14.9. The monoisotopic (exact) mass is 326 g/mol. The summed E-state index contributed by atoms with van der Waals surface area (Å²) in [6.45, 7) is 1.62. The molecule has 0 aliphatic carbocycles. The second-order valence-corrected chi connectivity index (χ2v) is 6.04. The number of nitrogens with one attached hydrogen (secondary N) is 2. The largest absolute Gasteiger partial charge is 0.341 e. The highest BCUT2D eigenvalue weighted by Crippen LogP contribution is 2.17. The summed E-state index contributed by atoms with van der Waals surface area (Å²) in [5.74, 6) is -0.0170. The number of carbonyl (C=O) groups is 2. The number of rotatable bonds is 3. The van der Waals surface area contributed by atoms with Crippen LogP contribution in [0.25, 0.3) is 10.8 Å². The van der Waals surface area contributed by atoms with Gasteiger partial charge in [-0.3, -0.25) is 9.78 Å². The van der Waals surface area contributed by atoms with E-state index in [2.05, 4.69) is 15.6 Å². The predicted molar refractivity (Wildman–Crippen MR) is 93.8 cm³/mol. The number of hydrogen-bond acceptors (Lipinski definition) is 3. The molecule has 2 heterocycles. The molecule has 0 saturated carbocycles. The summed E-state index contributed by atoms with van der Waals surface area (Å²) in [6.07, 6.45) is 7.93. The highest BCUT2D eigenvalue weighted by molar-refractivity contribution is 5.94. The minimum absolute atomic E-state index is 0.0170. The Kier molecular flexibility index (Phi) is 5.25. The Morgan fingerprint density at radius 3 is 2.62 bits per heavy atom. The van der Waals surface area contributed by atoms with E-state index >= 15 is 0 Å². The van der Waals surface area contributed by atoms with Crippen molar-refractivity contribution in [3.05, 3.63) is 36.7 Å². The van der Waals surface area contributed by atoms with Crippen molar-refractivity contribution >= 4 is 28.4 Å². The van der Waals surface area contributed by atoms with Gasteiger partial charge < -0.3 is 15.5 Å². The first-order chi connectivity index (χ1) is 11.7. The van der Waals surface area contributed by atoms with Crippen LogP contribution in [0, 0.1) is 0 Å². The number of hydrogen-bond donors (Lipinski definition) is 2. The molecule has 1 aliphatic rings. The molecule has 2 aromatic rings. The smallest absolute Gasteiger partial charge is 0.319 e. The van der Waals surface area contributed by atoms with E-state index in [-0.39, 0.29) is 18.5 Å². The molecule has 0 atom stereocenters. The van der Waals surface area contributed by atoms with Gasteiger partial charge >= 0.3 is 6.03 Å². The molecule has 0 unspecified atom stereocenters. The first kappa shape index (κ1) is 16.2. The number of carbonyl (C=O) groups excluding carboxylic acids is 2. The van der Waals surface area contributed by atoms with E-state index in [1.807, 2.05) is 29.2 Å². The van der Waals surface area contributed by atoms with E-state index < -0.39 is 0 Å². The van der Waals surface area contributed by atoms with Crippen LogP contribution in [0.5, 0.6) is 0 Å². The fourth-order valence-electron chi connectivity index (χ4n) is 2.92. The fraction of sp³-hybridized carbons (Fsp3) is 0.389. The number of pyridine rings is 1. The summed E-state index contributed by atoms with van der Waals surface area (Å²) in [5, 5.41) is 7.42. The van der Waals surface area contributed by atoms with Gasteiger partial charge in [-0.15, -0.1) is 0 Å². The van der Waals surface area contributed by atoms with E-state index in [0.717, 1.165) is 36.7 Å². The Hall–Kier alpha value is -2.63. The van der Waals surface area contributed by atoms with E-state index in [1.54, 1.807) is 12.4 Å². The molecule has 1 saturated heterocycles. The lowest BCUT2D eigenvalue weighted by Crippen LogP contribution is -2.41. The molecule has 6 heteroatoms. The Labute approximate surface area is 141 Å². The third kappa shape index (κ3) is 4.22. The zero-order valence-electron chi connectivity index (χ0n) is 13.6. The van der Waals surface area contributed by atoms with Crippen molar-refractivity contribution in [1.82, 2.24) is 15.2 Å². The third-order valence-corrected chi connectivity index (χ3v) is 4.26. The van der Waals surface area contributed by atoms with E-state index in [4.69, 9.17) is 0 Å². The summed E-state index contributed by atoms with van der Waals surface area (Å²) in [6, 6.07) is 7.13. The average Bonchev–Trinajstić information content (AvgIpc) is 2.89. The summed E-state index contributed by atoms with van der Waals surface area (Å²) >= 11 is 0. The van der Waals surface area contributed by atoms with Crippen LogP contribution in [0.3, 0.4) is 0 Å². The average molecular weight is 326 g/mol. The quantitative estimate of drug-likeness (QED) is 0.911. The summed E-state index contributed by atoms with van der Waals surface area (Å²) in [7, 11) is 0. The number of likely N-dealkylation sites (tertiary alicyclic amines) is 1. The van der Waals surface area contributed by atoms with Crippen LogP contribution in [0.4, 0.5) is 10.5 Å². The molecule has 6 nitrogen and oxygen atoms in total.